The number of sulfonamides is 1. The third-order valence-electron chi connectivity index (χ3n) is 3.04. The Bertz CT molecular complexity index is 963. The van der Waals surface area contributed by atoms with Crippen LogP contribution in [0.15, 0.2) is 41.3 Å². The summed E-state index contributed by atoms with van der Waals surface area (Å²) in [6, 6.07) is 3.00. The van der Waals surface area contributed by atoms with Crippen molar-refractivity contribution in [3.05, 3.63) is 63.7 Å². The van der Waals surface area contributed by atoms with E-state index in [1.165, 1.54) is 0 Å². The minimum atomic E-state index is -4.84. The maximum Gasteiger partial charge on any atom is 0.416 e. The SMILES string of the molecule is O=[N+]([O-])c1cc(C(F)(F)F)ccc1NNS(=O)(=O)c1ccc(F)c(F)c1. The summed E-state index contributed by atoms with van der Waals surface area (Å²) in [6.07, 6.45) is -4.84. The van der Waals surface area contributed by atoms with Crippen molar-refractivity contribution in [3.63, 3.8) is 0 Å². The highest BCUT2D eigenvalue weighted by Crippen LogP contribution is 2.34. The molecule has 2 rings (SSSR count). The molecule has 0 aliphatic heterocycles. The maximum atomic E-state index is 13.1. The first-order chi connectivity index (χ1) is 11.9. The van der Waals surface area contributed by atoms with Crippen LogP contribution in [0.25, 0.3) is 0 Å². The zero-order valence-corrected chi connectivity index (χ0v) is 13.2. The number of nitro groups is 1. The highest BCUT2D eigenvalue weighted by molar-refractivity contribution is 7.89. The first-order valence-electron chi connectivity index (χ1n) is 6.50. The Kier molecular flexibility index (Phi) is 5.13. The Morgan fingerprint density at radius 3 is 2.19 bits per heavy atom. The standard InChI is InChI=1S/C13H8F5N3O4S/c14-9-3-2-8(6-10(9)15)26(24,25)20-19-11-4-1-7(13(16,17)18)5-12(11)21(22)23/h1-6,19-20H. The van der Waals surface area contributed by atoms with Crippen molar-refractivity contribution in [2.75, 3.05) is 5.43 Å². The van der Waals surface area contributed by atoms with Crippen molar-refractivity contribution in [1.82, 2.24) is 4.83 Å². The van der Waals surface area contributed by atoms with E-state index < -0.39 is 54.6 Å². The molecule has 2 aromatic carbocycles. The first-order valence-corrected chi connectivity index (χ1v) is 7.98. The minimum absolute atomic E-state index is 0.216. The molecule has 26 heavy (non-hydrogen) atoms. The minimum Gasteiger partial charge on any atom is -0.302 e. The summed E-state index contributed by atoms with van der Waals surface area (Å²) in [5.74, 6) is -2.75. The first kappa shape index (κ1) is 19.5. The quantitative estimate of drug-likeness (QED) is 0.458. The van der Waals surface area contributed by atoms with Crippen LogP contribution in [0, 0.1) is 21.7 Å². The molecule has 0 fully saturated rings. The van der Waals surface area contributed by atoms with E-state index in [1.54, 1.807) is 4.83 Å². The van der Waals surface area contributed by atoms with Crippen LogP contribution >= 0.6 is 0 Å². The molecule has 0 bridgehead atoms. The molecule has 0 heterocycles. The molecular weight excluding hydrogens is 389 g/mol. The van der Waals surface area contributed by atoms with Gasteiger partial charge in [-0.1, -0.05) is 0 Å². The van der Waals surface area contributed by atoms with Crippen molar-refractivity contribution < 1.29 is 35.3 Å². The second-order valence-corrected chi connectivity index (χ2v) is 6.48. The van der Waals surface area contributed by atoms with Crippen LogP contribution in [0.1, 0.15) is 5.56 Å². The van der Waals surface area contributed by atoms with E-state index in [4.69, 9.17) is 0 Å². The number of alkyl halides is 3. The number of benzene rings is 2. The van der Waals surface area contributed by atoms with Gasteiger partial charge >= 0.3 is 6.18 Å². The molecule has 0 aliphatic rings. The molecule has 13 heteroatoms. The van der Waals surface area contributed by atoms with Crippen molar-refractivity contribution >= 4 is 21.4 Å². The Labute approximate surface area is 142 Å². The van der Waals surface area contributed by atoms with Gasteiger partial charge in [0.25, 0.3) is 15.7 Å². The van der Waals surface area contributed by atoms with E-state index in [0.29, 0.717) is 24.3 Å². The fraction of sp³-hybridized carbons (Fsp3) is 0.0769. The number of hydrazine groups is 1. The summed E-state index contributed by atoms with van der Waals surface area (Å²) in [4.78, 5) is 10.7. The molecule has 0 aromatic heterocycles. The largest absolute Gasteiger partial charge is 0.416 e. The summed E-state index contributed by atoms with van der Waals surface area (Å²) in [5.41, 5.74) is -1.06. The lowest BCUT2D eigenvalue weighted by atomic mass is 10.1. The molecular formula is C13H8F5N3O4S. The van der Waals surface area contributed by atoms with Gasteiger partial charge in [0.1, 0.15) is 5.69 Å². The third-order valence-corrected chi connectivity index (χ3v) is 4.29. The van der Waals surface area contributed by atoms with Crippen molar-refractivity contribution in [2.24, 2.45) is 0 Å². The van der Waals surface area contributed by atoms with E-state index in [1.807, 2.05) is 5.43 Å². The molecule has 0 spiro atoms. The molecule has 0 amide bonds. The van der Waals surface area contributed by atoms with Crippen LogP contribution in [-0.4, -0.2) is 13.3 Å². The van der Waals surface area contributed by atoms with Crippen LogP contribution in [0.5, 0.6) is 0 Å². The third kappa shape index (κ3) is 4.23. The second kappa shape index (κ2) is 6.84. The Morgan fingerprint density at radius 2 is 1.65 bits per heavy atom. The number of anilines is 1. The van der Waals surface area contributed by atoms with Crippen LogP contribution in [0.3, 0.4) is 0 Å². The molecule has 0 atom stereocenters. The van der Waals surface area contributed by atoms with Crippen LogP contribution in [0.4, 0.5) is 33.3 Å². The lowest BCUT2D eigenvalue weighted by molar-refractivity contribution is -0.384. The second-order valence-electron chi connectivity index (χ2n) is 4.79. The van der Waals surface area contributed by atoms with Gasteiger partial charge in [0.2, 0.25) is 0 Å². The van der Waals surface area contributed by atoms with Gasteiger partial charge in [0, 0.05) is 6.07 Å². The van der Waals surface area contributed by atoms with Crippen LogP contribution in [-0.2, 0) is 16.2 Å². The summed E-state index contributed by atoms with van der Waals surface area (Å²) < 4.78 is 87.7. The van der Waals surface area contributed by atoms with Gasteiger partial charge in [0.05, 0.1) is 15.4 Å². The Morgan fingerprint density at radius 1 is 1.00 bits per heavy atom. The highest BCUT2D eigenvalue weighted by atomic mass is 32.2. The van der Waals surface area contributed by atoms with Gasteiger partial charge in [-0.3, -0.25) is 10.1 Å². The Balaban J connectivity index is 2.30. The number of hydrogen-bond acceptors (Lipinski definition) is 5. The van der Waals surface area contributed by atoms with E-state index in [2.05, 4.69) is 0 Å². The summed E-state index contributed by atoms with van der Waals surface area (Å²) in [6.45, 7) is 0. The fourth-order valence-electron chi connectivity index (χ4n) is 1.79. The maximum absolute atomic E-state index is 13.1. The predicted octanol–water partition coefficient (Wildman–Crippen LogP) is 3.20. The zero-order chi connectivity index (χ0) is 19.7. The van der Waals surface area contributed by atoms with Gasteiger partial charge < -0.3 is 5.43 Å². The molecule has 2 N–H and O–H groups in total. The summed E-state index contributed by atoms with van der Waals surface area (Å²) in [5, 5.41) is 10.9. The lowest BCUT2D eigenvalue weighted by Crippen LogP contribution is -2.30. The van der Waals surface area contributed by atoms with Crippen LogP contribution < -0.4 is 10.3 Å². The van der Waals surface area contributed by atoms with E-state index in [0.717, 1.165) is 6.07 Å². The average Bonchev–Trinajstić information content (AvgIpc) is 2.54. The molecule has 2 aromatic rings. The zero-order valence-electron chi connectivity index (χ0n) is 12.3. The van der Waals surface area contributed by atoms with Gasteiger partial charge in [-0.15, -0.1) is 4.83 Å². The monoisotopic (exact) mass is 397 g/mol. The fourth-order valence-corrected chi connectivity index (χ4v) is 2.66. The molecule has 0 saturated heterocycles. The normalized spacial score (nSPS) is 12.0. The number of halogens is 5. The lowest BCUT2D eigenvalue weighted by Gasteiger charge is -2.12. The van der Waals surface area contributed by atoms with E-state index in [9.17, 15) is 40.5 Å². The molecule has 0 radical (unpaired) electrons. The van der Waals surface area contributed by atoms with Crippen molar-refractivity contribution in [3.8, 4) is 0 Å². The topological polar surface area (TPSA) is 101 Å². The summed E-state index contributed by atoms with van der Waals surface area (Å²) >= 11 is 0. The number of nitrogens with one attached hydrogen (secondary N) is 2. The highest BCUT2D eigenvalue weighted by Gasteiger charge is 2.33. The van der Waals surface area contributed by atoms with Gasteiger partial charge in [-0.05, 0) is 30.3 Å². The molecule has 140 valence electrons. The van der Waals surface area contributed by atoms with Gasteiger partial charge in [-0.2, -0.15) is 13.2 Å². The molecule has 0 aliphatic carbocycles. The average molecular weight is 397 g/mol. The number of hydrogen-bond donors (Lipinski definition) is 2. The smallest absolute Gasteiger partial charge is 0.302 e. The summed E-state index contributed by atoms with van der Waals surface area (Å²) in [7, 11) is -4.49. The van der Waals surface area contributed by atoms with Gasteiger partial charge in [-0.25, -0.2) is 17.2 Å². The van der Waals surface area contributed by atoms with Crippen molar-refractivity contribution in [2.45, 2.75) is 11.1 Å². The predicted molar refractivity (Wildman–Crippen MR) is 78.4 cm³/mol. The number of rotatable bonds is 5. The van der Waals surface area contributed by atoms with Gasteiger partial charge in [0.15, 0.2) is 11.6 Å². The Hall–Kier alpha value is -2.80. The number of nitrogens with zero attached hydrogens (tertiary/aromatic N) is 1. The van der Waals surface area contributed by atoms with Crippen LogP contribution in [0.2, 0.25) is 0 Å². The van der Waals surface area contributed by atoms with E-state index >= 15 is 0 Å². The molecule has 0 saturated carbocycles. The molecule has 7 nitrogen and oxygen atoms in total. The number of nitro benzene ring substituents is 1. The van der Waals surface area contributed by atoms with E-state index in [-0.39, 0.29) is 6.07 Å². The van der Waals surface area contributed by atoms with Crippen molar-refractivity contribution in [1.29, 1.82) is 0 Å². The molecule has 0 unspecified atom stereocenters.